The number of fused-ring (bicyclic) bond motifs is 2. The molecule has 2 aromatic rings. The van der Waals surface area contributed by atoms with Crippen LogP contribution in [0, 0.1) is 0 Å². The van der Waals surface area contributed by atoms with Gasteiger partial charge in [0.25, 0.3) is 0 Å². The number of amides is 1. The molecule has 7 nitrogen and oxygen atoms in total. The molecule has 1 aromatic heterocycles. The Morgan fingerprint density at radius 3 is 2.83 bits per heavy atom. The van der Waals surface area contributed by atoms with Crippen molar-refractivity contribution in [2.24, 2.45) is 5.73 Å². The topological polar surface area (TPSA) is 80.9 Å². The molecule has 0 aliphatic carbocycles. The van der Waals surface area contributed by atoms with Gasteiger partial charge in [0.15, 0.2) is 0 Å². The molecule has 0 spiro atoms. The SMILES string of the molecule is CC(C)(C)OC(=O)N1CCN(C2c3ccc(Cl)cc3OCc3cccnc32)C[C@@H]1N. The van der Waals surface area contributed by atoms with Gasteiger partial charge in [-0.1, -0.05) is 23.7 Å². The number of nitrogens with zero attached hydrogens (tertiary/aromatic N) is 3. The van der Waals surface area contributed by atoms with Crippen molar-refractivity contribution in [3.05, 3.63) is 58.4 Å². The van der Waals surface area contributed by atoms with Gasteiger partial charge in [-0.2, -0.15) is 0 Å². The van der Waals surface area contributed by atoms with Crippen molar-refractivity contribution >= 4 is 17.7 Å². The zero-order valence-corrected chi connectivity index (χ0v) is 18.2. The van der Waals surface area contributed by atoms with E-state index < -0.39 is 11.8 Å². The molecule has 1 amide bonds. The number of carbonyl (C=O) groups is 1. The van der Waals surface area contributed by atoms with Crippen LogP contribution in [-0.2, 0) is 11.3 Å². The van der Waals surface area contributed by atoms with Gasteiger partial charge in [0, 0.05) is 42.0 Å². The Bertz CT molecular complexity index is 946. The number of hydrogen-bond acceptors (Lipinski definition) is 6. The van der Waals surface area contributed by atoms with Gasteiger partial charge in [-0.05, 0) is 39.0 Å². The second kappa shape index (κ2) is 8.06. The molecule has 8 heteroatoms. The maximum Gasteiger partial charge on any atom is 0.411 e. The van der Waals surface area contributed by atoms with E-state index in [2.05, 4.69) is 9.88 Å². The number of carbonyl (C=O) groups excluding carboxylic acids is 1. The number of hydrogen-bond donors (Lipinski definition) is 1. The summed E-state index contributed by atoms with van der Waals surface area (Å²) in [5, 5.41) is 0.623. The lowest BCUT2D eigenvalue weighted by molar-refractivity contribution is -0.00448. The molecule has 1 saturated heterocycles. The quantitative estimate of drug-likeness (QED) is 0.745. The van der Waals surface area contributed by atoms with E-state index in [1.807, 2.05) is 51.1 Å². The Labute approximate surface area is 181 Å². The van der Waals surface area contributed by atoms with E-state index in [9.17, 15) is 4.79 Å². The zero-order chi connectivity index (χ0) is 21.5. The summed E-state index contributed by atoms with van der Waals surface area (Å²) < 4.78 is 11.6. The number of aromatic nitrogens is 1. The van der Waals surface area contributed by atoms with Gasteiger partial charge < -0.3 is 15.2 Å². The van der Waals surface area contributed by atoms with E-state index in [1.165, 1.54) is 0 Å². The average molecular weight is 431 g/mol. The first kappa shape index (κ1) is 20.9. The highest BCUT2D eigenvalue weighted by atomic mass is 35.5. The number of benzene rings is 1. The van der Waals surface area contributed by atoms with Crippen molar-refractivity contribution in [3.8, 4) is 5.75 Å². The van der Waals surface area contributed by atoms with Crippen LogP contribution in [0.3, 0.4) is 0 Å². The molecule has 4 rings (SSSR count). The van der Waals surface area contributed by atoms with Crippen molar-refractivity contribution in [2.45, 2.75) is 45.2 Å². The second-order valence-electron chi connectivity index (χ2n) is 8.66. The van der Waals surface area contributed by atoms with Gasteiger partial charge in [-0.3, -0.25) is 14.8 Å². The third kappa shape index (κ3) is 4.24. The summed E-state index contributed by atoms with van der Waals surface area (Å²) in [5.41, 5.74) is 8.81. The Morgan fingerprint density at radius 1 is 1.30 bits per heavy atom. The summed E-state index contributed by atoms with van der Waals surface area (Å²) in [7, 11) is 0. The minimum Gasteiger partial charge on any atom is -0.488 e. The van der Waals surface area contributed by atoms with Crippen LogP contribution in [0.2, 0.25) is 5.02 Å². The summed E-state index contributed by atoms with van der Waals surface area (Å²) >= 11 is 6.22. The predicted octanol–water partition coefficient (Wildman–Crippen LogP) is 3.55. The van der Waals surface area contributed by atoms with Gasteiger partial charge >= 0.3 is 6.09 Å². The number of piperazine rings is 1. The van der Waals surface area contributed by atoms with Crippen LogP contribution < -0.4 is 10.5 Å². The maximum absolute atomic E-state index is 12.6. The monoisotopic (exact) mass is 430 g/mol. The van der Waals surface area contributed by atoms with Gasteiger partial charge in [0.05, 0.1) is 17.9 Å². The first-order valence-corrected chi connectivity index (χ1v) is 10.5. The standard InChI is InChI=1S/C22H27ClN4O3/c1-22(2,3)30-21(28)27-10-9-26(12-18(27)24)20-16-7-6-15(23)11-17(16)29-13-14-5-4-8-25-19(14)20/h4-8,11,18,20H,9-10,12-13,24H2,1-3H3/t18-,20?/m1/s1. The van der Waals surface area contributed by atoms with E-state index in [-0.39, 0.29) is 12.1 Å². The number of halogens is 1. The summed E-state index contributed by atoms with van der Waals surface area (Å²) in [6.45, 7) is 7.57. The molecule has 0 radical (unpaired) electrons. The van der Waals surface area contributed by atoms with Crippen LogP contribution >= 0.6 is 11.6 Å². The Hall–Kier alpha value is -2.35. The lowest BCUT2D eigenvalue weighted by Gasteiger charge is -2.43. The summed E-state index contributed by atoms with van der Waals surface area (Å²) in [6, 6.07) is 9.49. The van der Waals surface area contributed by atoms with Crippen molar-refractivity contribution in [1.82, 2.24) is 14.8 Å². The van der Waals surface area contributed by atoms with Crippen LogP contribution in [0.5, 0.6) is 5.75 Å². The normalized spacial score (nSPS) is 21.8. The molecular weight excluding hydrogens is 404 g/mol. The number of pyridine rings is 1. The molecule has 30 heavy (non-hydrogen) atoms. The van der Waals surface area contributed by atoms with Gasteiger partial charge in [-0.15, -0.1) is 0 Å². The molecule has 0 bridgehead atoms. The minimum atomic E-state index is -0.562. The average Bonchev–Trinajstić information content (AvgIpc) is 2.83. The third-order valence-corrected chi connectivity index (χ3v) is 5.52. The molecule has 1 aromatic carbocycles. The molecule has 1 fully saturated rings. The van der Waals surface area contributed by atoms with Crippen LogP contribution in [0.25, 0.3) is 0 Å². The molecule has 0 saturated carbocycles. The minimum absolute atomic E-state index is 0.136. The molecule has 2 aliphatic heterocycles. The van der Waals surface area contributed by atoms with Crippen molar-refractivity contribution < 1.29 is 14.3 Å². The molecule has 160 valence electrons. The first-order valence-electron chi connectivity index (χ1n) is 10.1. The zero-order valence-electron chi connectivity index (χ0n) is 17.5. The first-order chi connectivity index (χ1) is 14.2. The number of ether oxygens (including phenoxy) is 2. The van der Waals surface area contributed by atoms with Crippen LogP contribution in [0.1, 0.15) is 43.6 Å². The highest BCUT2D eigenvalue weighted by molar-refractivity contribution is 6.30. The van der Waals surface area contributed by atoms with Crippen molar-refractivity contribution in [1.29, 1.82) is 0 Å². The molecule has 2 atom stereocenters. The second-order valence-corrected chi connectivity index (χ2v) is 9.09. The van der Waals surface area contributed by atoms with Gasteiger partial charge in [-0.25, -0.2) is 4.79 Å². The number of rotatable bonds is 1. The van der Waals surface area contributed by atoms with Crippen molar-refractivity contribution in [2.75, 3.05) is 19.6 Å². The fourth-order valence-electron chi connectivity index (χ4n) is 3.96. The largest absolute Gasteiger partial charge is 0.488 e. The van der Waals surface area contributed by atoms with Gasteiger partial charge in [0.1, 0.15) is 18.0 Å². The predicted molar refractivity (Wildman–Crippen MR) is 114 cm³/mol. The molecule has 3 heterocycles. The van der Waals surface area contributed by atoms with E-state index in [0.29, 0.717) is 31.3 Å². The third-order valence-electron chi connectivity index (χ3n) is 5.28. The van der Waals surface area contributed by atoms with E-state index in [0.717, 1.165) is 22.6 Å². The van der Waals surface area contributed by atoms with E-state index in [1.54, 1.807) is 11.1 Å². The molecule has 2 aliphatic rings. The fourth-order valence-corrected chi connectivity index (χ4v) is 4.13. The Morgan fingerprint density at radius 2 is 2.10 bits per heavy atom. The summed E-state index contributed by atoms with van der Waals surface area (Å²) in [5.74, 6) is 0.744. The number of nitrogens with two attached hydrogens (primary N) is 1. The van der Waals surface area contributed by atoms with Crippen molar-refractivity contribution in [3.63, 3.8) is 0 Å². The summed E-state index contributed by atoms with van der Waals surface area (Å²) in [6.07, 6.45) is 0.925. The van der Waals surface area contributed by atoms with E-state index in [4.69, 9.17) is 26.8 Å². The lowest BCUT2D eigenvalue weighted by atomic mass is 9.97. The van der Waals surface area contributed by atoms with Crippen LogP contribution in [0.15, 0.2) is 36.5 Å². The van der Waals surface area contributed by atoms with Crippen LogP contribution in [-0.4, -0.2) is 52.3 Å². The highest BCUT2D eigenvalue weighted by Crippen LogP contribution is 2.40. The van der Waals surface area contributed by atoms with E-state index >= 15 is 0 Å². The summed E-state index contributed by atoms with van der Waals surface area (Å²) in [4.78, 5) is 21.1. The highest BCUT2D eigenvalue weighted by Gasteiger charge is 2.37. The molecular formula is C22H27ClN4O3. The van der Waals surface area contributed by atoms with Crippen LogP contribution in [0.4, 0.5) is 4.79 Å². The smallest absolute Gasteiger partial charge is 0.411 e. The Kier molecular flexibility index (Phi) is 5.61. The Balaban J connectivity index is 1.64. The van der Waals surface area contributed by atoms with Gasteiger partial charge in [0.2, 0.25) is 0 Å². The molecule has 2 N–H and O–H groups in total. The fraction of sp³-hybridized carbons (Fsp3) is 0.455. The lowest BCUT2D eigenvalue weighted by Crippen LogP contribution is -2.60. The molecule has 1 unspecified atom stereocenters. The maximum atomic E-state index is 12.6.